The van der Waals surface area contributed by atoms with Gasteiger partial charge in [0.25, 0.3) is 0 Å². The normalized spacial score (nSPS) is 10.8. The second-order valence-corrected chi connectivity index (χ2v) is 7.22. The molecule has 0 saturated heterocycles. The van der Waals surface area contributed by atoms with Gasteiger partial charge in [-0.2, -0.15) is 5.10 Å². The lowest BCUT2D eigenvalue weighted by Crippen LogP contribution is -2.01. The molecule has 1 N–H and O–H groups in total. The molecule has 3 rings (SSSR count). The number of rotatable bonds is 7. The molecule has 0 heterocycles. The number of nitrogens with one attached hydrogen (secondary N) is 1. The maximum absolute atomic E-state index is 6.20. The number of hydrazone groups is 1. The molecule has 6 heteroatoms. The Labute approximate surface area is 177 Å². The highest BCUT2D eigenvalue weighted by Crippen LogP contribution is 2.34. The SMILES string of the molecule is COc1cc(C=NNc2ccccc2)cc(I)c1OCc1ccccc1Cl. The van der Waals surface area contributed by atoms with Gasteiger partial charge in [0.15, 0.2) is 11.5 Å². The fourth-order valence-corrected chi connectivity index (χ4v) is 3.39. The summed E-state index contributed by atoms with van der Waals surface area (Å²) < 4.78 is 12.4. The van der Waals surface area contributed by atoms with Crippen molar-refractivity contribution in [3.05, 3.63) is 86.4 Å². The number of methoxy groups -OCH3 is 1. The molecular weight excluding hydrogens is 475 g/mol. The van der Waals surface area contributed by atoms with Crippen molar-refractivity contribution in [2.24, 2.45) is 5.10 Å². The van der Waals surface area contributed by atoms with Crippen LogP contribution in [0.3, 0.4) is 0 Å². The van der Waals surface area contributed by atoms with E-state index in [1.165, 1.54) is 0 Å². The molecule has 4 nitrogen and oxygen atoms in total. The monoisotopic (exact) mass is 492 g/mol. The van der Waals surface area contributed by atoms with Crippen LogP contribution in [-0.4, -0.2) is 13.3 Å². The van der Waals surface area contributed by atoms with Crippen LogP contribution in [0, 0.1) is 3.57 Å². The molecule has 0 aliphatic rings. The van der Waals surface area contributed by atoms with E-state index in [0.717, 1.165) is 20.4 Å². The van der Waals surface area contributed by atoms with Gasteiger partial charge in [0.1, 0.15) is 6.61 Å². The smallest absolute Gasteiger partial charge is 0.174 e. The highest BCUT2D eigenvalue weighted by atomic mass is 127. The molecule has 0 radical (unpaired) electrons. The topological polar surface area (TPSA) is 42.8 Å². The lowest BCUT2D eigenvalue weighted by Gasteiger charge is -2.14. The number of ether oxygens (including phenoxy) is 2. The molecule has 0 saturated carbocycles. The maximum atomic E-state index is 6.20. The first-order chi connectivity index (χ1) is 13.2. The van der Waals surface area contributed by atoms with Gasteiger partial charge in [-0.05, 0) is 58.5 Å². The van der Waals surface area contributed by atoms with E-state index in [-0.39, 0.29) is 0 Å². The van der Waals surface area contributed by atoms with Crippen LogP contribution >= 0.6 is 34.2 Å². The van der Waals surface area contributed by atoms with Crippen LogP contribution in [0.5, 0.6) is 11.5 Å². The summed E-state index contributed by atoms with van der Waals surface area (Å²) in [6.45, 7) is 0.370. The zero-order valence-corrected chi connectivity index (χ0v) is 17.6. The molecule has 0 aliphatic carbocycles. The average molecular weight is 493 g/mol. The molecule has 3 aromatic carbocycles. The van der Waals surface area contributed by atoms with Crippen molar-refractivity contribution >= 4 is 46.1 Å². The van der Waals surface area contributed by atoms with Gasteiger partial charge in [0, 0.05) is 10.6 Å². The van der Waals surface area contributed by atoms with E-state index in [1.54, 1.807) is 13.3 Å². The third-order valence-corrected chi connectivity index (χ3v) is 4.93. The van der Waals surface area contributed by atoms with Gasteiger partial charge < -0.3 is 9.47 Å². The van der Waals surface area contributed by atoms with Crippen molar-refractivity contribution in [2.45, 2.75) is 6.61 Å². The molecular formula is C21H18ClIN2O2. The Morgan fingerprint density at radius 1 is 1.07 bits per heavy atom. The average Bonchev–Trinajstić information content (AvgIpc) is 2.69. The zero-order chi connectivity index (χ0) is 19.1. The predicted molar refractivity (Wildman–Crippen MR) is 119 cm³/mol. The van der Waals surface area contributed by atoms with Crippen LogP contribution in [0.2, 0.25) is 5.02 Å². The van der Waals surface area contributed by atoms with Crippen LogP contribution in [0.4, 0.5) is 5.69 Å². The lowest BCUT2D eigenvalue weighted by molar-refractivity contribution is 0.282. The quantitative estimate of drug-likeness (QED) is 0.251. The van der Waals surface area contributed by atoms with Gasteiger partial charge in [-0.25, -0.2) is 0 Å². The molecule has 0 spiro atoms. The third-order valence-electron chi connectivity index (χ3n) is 3.76. The van der Waals surface area contributed by atoms with Gasteiger partial charge in [0.2, 0.25) is 0 Å². The fourth-order valence-electron chi connectivity index (χ4n) is 2.41. The van der Waals surface area contributed by atoms with Gasteiger partial charge in [-0.15, -0.1) is 0 Å². The highest BCUT2D eigenvalue weighted by molar-refractivity contribution is 14.1. The summed E-state index contributed by atoms with van der Waals surface area (Å²) in [6, 6.07) is 21.3. The van der Waals surface area contributed by atoms with Gasteiger partial charge >= 0.3 is 0 Å². The number of hydrogen-bond donors (Lipinski definition) is 1. The minimum absolute atomic E-state index is 0.370. The van der Waals surface area contributed by atoms with Crippen molar-refractivity contribution in [3.8, 4) is 11.5 Å². The summed E-state index contributed by atoms with van der Waals surface area (Å²) in [5.74, 6) is 1.33. The molecule has 0 atom stereocenters. The minimum atomic E-state index is 0.370. The van der Waals surface area contributed by atoms with Crippen LogP contribution in [0.1, 0.15) is 11.1 Å². The highest BCUT2D eigenvalue weighted by Gasteiger charge is 2.12. The molecule has 0 aliphatic heterocycles. The largest absolute Gasteiger partial charge is 0.493 e. The number of benzene rings is 3. The van der Waals surface area contributed by atoms with Gasteiger partial charge in [-0.1, -0.05) is 48.0 Å². The first kappa shape index (κ1) is 19.5. The van der Waals surface area contributed by atoms with E-state index in [2.05, 4.69) is 33.1 Å². The summed E-state index contributed by atoms with van der Waals surface area (Å²) in [4.78, 5) is 0. The molecule has 27 heavy (non-hydrogen) atoms. The summed E-state index contributed by atoms with van der Waals surface area (Å²) in [7, 11) is 1.62. The standard InChI is InChI=1S/C21H18ClIN2O2/c1-26-20-12-15(13-24-25-17-8-3-2-4-9-17)11-19(23)21(20)27-14-16-7-5-6-10-18(16)22/h2-13,25H,14H2,1H3. The van der Waals surface area contributed by atoms with Crippen LogP contribution in [0.25, 0.3) is 0 Å². The van der Waals surface area contributed by atoms with E-state index < -0.39 is 0 Å². The number of para-hydroxylation sites is 1. The number of anilines is 1. The van der Waals surface area contributed by atoms with Gasteiger partial charge in [-0.3, -0.25) is 5.43 Å². The maximum Gasteiger partial charge on any atom is 0.174 e. The van der Waals surface area contributed by atoms with E-state index in [1.807, 2.05) is 66.7 Å². The van der Waals surface area contributed by atoms with Gasteiger partial charge in [0.05, 0.1) is 22.6 Å². The Morgan fingerprint density at radius 2 is 1.81 bits per heavy atom. The van der Waals surface area contributed by atoms with Crippen LogP contribution < -0.4 is 14.9 Å². The lowest BCUT2D eigenvalue weighted by atomic mass is 10.2. The van der Waals surface area contributed by atoms with E-state index in [9.17, 15) is 0 Å². The van der Waals surface area contributed by atoms with Crippen molar-refractivity contribution in [3.63, 3.8) is 0 Å². The second-order valence-electron chi connectivity index (χ2n) is 5.65. The summed E-state index contributed by atoms with van der Waals surface area (Å²) in [5, 5.41) is 4.95. The number of halogens is 2. The first-order valence-corrected chi connectivity index (χ1v) is 9.71. The van der Waals surface area contributed by atoms with Crippen molar-refractivity contribution in [1.29, 1.82) is 0 Å². The molecule has 0 unspecified atom stereocenters. The summed E-state index contributed by atoms with van der Waals surface area (Å²) in [5.41, 5.74) is 5.76. The fraction of sp³-hybridized carbons (Fsp3) is 0.0952. The number of hydrogen-bond acceptors (Lipinski definition) is 4. The molecule has 0 aromatic heterocycles. The summed E-state index contributed by atoms with van der Waals surface area (Å²) >= 11 is 8.43. The minimum Gasteiger partial charge on any atom is -0.493 e. The van der Waals surface area contributed by atoms with E-state index in [0.29, 0.717) is 23.1 Å². The Morgan fingerprint density at radius 3 is 2.56 bits per heavy atom. The van der Waals surface area contributed by atoms with E-state index in [4.69, 9.17) is 21.1 Å². The molecule has 0 amide bonds. The Hall–Kier alpha value is -2.25. The Kier molecular flexibility index (Phi) is 6.95. The second kappa shape index (κ2) is 9.62. The molecule has 0 fully saturated rings. The molecule has 138 valence electrons. The van der Waals surface area contributed by atoms with Crippen molar-refractivity contribution < 1.29 is 9.47 Å². The first-order valence-electron chi connectivity index (χ1n) is 8.25. The molecule has 3 aromatic rings. The third kappa shape index (κ3) is 5.37. The predicted octanol–water partition coefficient (Wildman–Crippen LogP) is 5.98. The van der Waals surface area contributed by atoms with Crippen molar-refractivity contribution in [2.75, 3.05) is 12.5 Å². The Bertz CT molecular complexity index is 933. The van der Waals surface area contributed by atoms with Crippen molar-refractivity contribution in [1.82, 2.24) is 0 Å². The summed E-state index contributed by atoms with van der Waals surface area (Å²) in [6.07, 6.45) is 1.75. The number of nitrogens with zero attached hydrogens (tertiary/aromatic N) is 1. The molecule has 0 bridgehead atoms. The van der Waals surface area contributed by atoms with E-state index >= 15 is 0 Å². The van der Waals surface area contributed by atoms with Crippen LogP contribution in [-0.2, 0) is 6.61 Å². The zero-order valence-electron chi connectivity index (χ0n) is 14.7. The Balaban J connectivity index is 1.73. The van der Waals surface area contributed by atoms with Crippen LogP contribution in [0.15, 0.2) is 71.8 Å².